The lowest BCUT2D eigenvalue weighted by atomic mass is 9.89. The minimum atomic E-state index is 0.108. The van der Waals surface area contributed by atoms with Crippen molar-refractivity contribution in [2.45, 2.75) is 46.1 Å². The van der Waals surface area contributed by atoms with Crippen LogP contribution in [0, 0.1) is 11.8 Å². The van der Waals surface area contributed by atoms with Crippen molar-refractivity contribution >= 4 is 6.01 Å². The van der Waals surface area contributed by atoms with Crippen LogP contribution in [-0.2, 0) is 0 Å². The SMILES string of the molecule is CNC(C)c1nnc(N2CCCC(C(C)C)CC2)o1. The highest BCUT2D eigenvalue weighted by molar-refractivity contribution is 5.24. The van der Waals surface area contributed by atoms with Gasteiger partial charge in [0.05, 0.1) is 6.04 Å². The van der Waals surface area contributed by atoms with E-state index in [2.05, 4.69) is 34.3 Å². The molecule has 0 saturated carbocycles. The minimum absolute atomic E-state index is 0.108. The normalized spacial score (nSPS) is 22.6. The summed E-state index contributed by atoms with van der Waals surface area (Å²) in [6.07, 6.45) is 3.74. The van der Waals surface area contributed by atoms with E-state index < -0.39 is 0 Å². The van der Waals surface area contributed by atoms with Crippen LogP contribution in [0.1, 0.15) is 52.0 Å². The van der Waals surface area contributed by atoms with Gasteiger partial charge in [0.2, 0.25) is 5.89 Å². The summed E-state index contributed by atoms with van der Waals surface area (Å²) in [5.41, 5.74) is 0. The van der Waals surface area contributed by atoms with Gasteiger partial charge in [-0.2, -0.15) is 0 Å². The first-order valence-electron chi connectivity index (χ1n) is 7.37. The van der Waals surface area contributed by atoms with Crippen molar-refractivity contribution < 1.29 is 4.42 Å². The van der Waals surface area contributed by atoms with Crippen molar-refractivity contribution in [3.63, 3.8) is 0 Å². The fraction of sp³-hybridized carbons (Fsp3) is 0.857. The van der Waals surface area contributed by atoms with E-state index in [0.29, 0.717) is 11.9 Å². The molecular formula is C14H26N4O. The molecule has 19 heavy (non-hydrogen) atoms. The van der Waals surface area contributed by atoms with Gasteiger partial charge in [-0.15, -0.1) is 5.10 Å². The maximum Gasteiger partial charge on any atom is 0.318 e. The zero-order valence-corrected chi connectivity index (χ0v) is 12.5. The molecule has 0 radical (unpaired) electrons. The molecule has 1 aliphatic rings. The molecule has 1 N–H and O–H groups in total. The number of aromatic nitrogens is 2. The topological polar surface area (TPSA) is 54.2 Å². The first-order valence-corrected chi connectivity index (χ1v) is 7.37. The molecule has 2 atom stereocenters. The highest BCUT2D eigenvalue weighted by Gasteiger charge is 2.23. The summed E-state index contributed by atoms with van der Waals surface area (Å²) in [6, 6.07) is 0.790. The number of rotatable bonds is 4. The first kappa shape index (κ1) is 14.3. The summed E-state index contributed by atoms with van der Waals surface area (Å²) in [6.45, 7) is 8.71. The standard InChI is InChI=1S/C14H26N4O/c1-10(2)12-6-5-8-18(9-7-12)14-17-16-13(19-14)11(3)15-4/h10-12,15H,5-9H2,1-4H3. The second-order valence-corrected chi connectivity index (χ2v) is 5.86. The maximum absolute atomic E-state index is 5.77. The molecule has 1 aromatic rings. The van der Waals surface area contributed by atoms with E-state index in [1.165, 1.54) is 19.3 Å². The van der Waals surface area contributed by atoms with Gasteiger partial charge in [-0.25, -0.2) is 0 Å². The second-order valence-electron chi connectivity index (χ2n) is 5.86. The van der Waals surface area contributed by atoms with Gasteiger partial charge in [0.15, 0.2) is 0 Å². The highest BCUT2D eigenvalue weighted by atomic mass is 16.4. The van der Waals surface area contributed by atoms with E-state index in [-0.39, 0.29) is 6.04 Å². The van der Waals surface area contributed by atoms with Crippen LogP contribution in [0.25, 0.3) is 0 Å². The van der Waals surface area contributed by atoms with Crippen LogP contribution in [-0.4, -0.2) is 30.3 Å². The Labute approximate surface area is 115 Å². The van der Waals surface area contributed by atoms with Gasteiger partial charge in [-0.05, 0) is 45.1 Å². The molecule has 5 heteroatoms. The lowest BCUT2D eigenvalue weighted by Crippen LogP contribution is -2.24. The zero-order chi connectivity index (χ0) is 13.8. The van der Waals surface area contributed by atoms with Crippen LogP contribution in [0.2, 0.25) is 0 Å². The molecule has 2 unspecified atom stereocenters. The summed E-state index contributed by atoms with van der Waals surface area (Å²) >= 11 is 0. The maximum atomic E-state index is 5.77. The molecule has 1 fully saturated rings. The van der Waals surface area contributed by atoms with Crippen molar-refractivity contribution in [2.75, 3.05) is 25.0 Å². The van der Waals surface area contributed by atoms with E-state index in [1.54, 1.807) is 0 Å². The Hall–Kier alpha value is -1.10. The third kappa shape index (κ3) is 3.47. The van der Waals surface area contributed by atoms with Crippen LogP contribution in [0.4, 0.5) is 6.01 Å². The third-order valence-electron chi connectivity index (χ3n) is 4.22. The summed E-state index contributed by atoms with van der Waals surface area (Å²) in [4.78, 5) is 2.24. The van der Waals surface area contributed by atoms with Gasteiger partial charge in [0.25, 0.3) is 0 Å². The van der Waals surface area contributed by atoms with Crippen molar-refractivity contribution in [1.29, 1.82) is 0 Å². The Bertz CT molecular complexity index is 391. The van der Waals surface area contributed by atoms with Crippen molar-refractivity contribution in [2.24, 2.45) is 11.8 Å². The van der Waals surface area contributed by atoms with Gasteiger partial charge in [0, 0.05) is 13.1 Å². The number of nitrogens with one attached hydrogen (secondary N) is 1. The van der Waals surface area contributed by atoms with Crippen LogP contribution in [0.3, 0.4) is 0 Å². The Kier molecular flexibility index (Phi) is 4.80. The van der Waals surface area contributed by atoms with Crippen molar-refractivity contribution in [1.82, 2.24) is 15.5 Å². The smallest absolute Gasteiger partial charge is 0.318 e. The molecule has 0 aliphatic carbocycles. The lowest BCUT2D eigenvalue weighted by molar-refractivity contribution is 0.350. The summed E-state index contributed by atoms with van der Waals surface area (Å²) < 4.78 is 5.77. The first-order chi connectivity index (χ1) is 9.11. The fourth-order valence-electron chi connectivity index (χ4n) is 2.63. The van der Waals surface area contributed by atoms with Gasteiger partial charge in [-0.3, -0.25) is 0 Å². The molecule has 0 aromatic carbocycles. The van der Waals surface area contributed by atoms with E-state index in [9.17, 15) is 0 Å². The molecule has 1 aromatic heterocycles. The van der Waals surface area contributed by atoms with Crippen LogP contribution >= 0.6 is 0 Å². The van der Waals surface area contributed by atoms with E-state index in [1.807, 2.05) is 14.0 Å². The third-order valence-corrected chi connectivity index (χ3v) is 4.22. The predicted molar refractivity (Wildman–Crippen MR) is 76.2 cm³/mol. The number of nitrogens with zero attached hydrogens (tertiary/aromatic N) is 3. The van der Waals surface area contributed by atoms with Gasteiger partial charge in [-0.1, -0.05) is 18.9 Å². The van der Waals surface area contributed by atoms with Gasteiger partial charge in [0.1, 0.15) is 0 Å². The zero-order valence-electron chi connectivity index (χ0n) is 12.5. The minimum Gasteiger partial charge on any atom is -0.406 e. The van der Waals surface area contributed by atoms with Gasteiger partial charge < -0.3 is 14.6 Å². The van der Waals surface area contributed by atoms with Crippen LogP contribution < -0.4 is 10.2 Å². The molecule has 1 aliphatic heterocycles. The molecule has 0 spiro atoms. The molecule has 108 valence electrons. The van der Waals surface area contributed by atoms with E-state index in [4.69, 9.17) is 4.42 Å². The molecule has 2 heterocycles. The van der Waals surface area contributed by atoms with E-state index in [0.717, 1.165) is 24.9 Å². The molecule has 5 nitrogen and oxygen atoms in total. The van der Waals surface area contributed by atoms with Crippen molar-refractivity contribution in [3.8, 4) is 0 Å². The Morgan fingerprint density at radius 1 is 1.21 bits per heavy atom. The quantitative estimate of drug-likeness (QED) is 0.908. The average molecular weight is 266 g/mol. The number of anilines is 1. The fourth-order valence-corrected chi connectivity index (χ4v) is 2.63. The monoisotopic (exact) mass is 266 g/mol. The summed E-state index contributed by atoms with van der Waals surface area (Å²) in [7, 11) is 1.90. The molecule has 2 rings (SSSR count). The summed E-state index contributed by atoms with van der Waals surface area (Å²) in [5.74, 6) is 2.26. The van der Waals surface area contributed by atoms with Crippen LogP contribution in [0.15, 0.2) is 4.42 Å². The highest BCUT2D eigenvalue weighted by Crippen LogP contribution is 2.27. The predicted octanol–water partition coefficient (Wildman–Crippen LogP) is 2.61. The van der Waals surface area contributed by atoms with Gasteiger partial charge >= 0.3 is 6.01 Å². The largest absolute Gasteiger partial charge is 0.406 e. The second kappa shape index (κ2) is 6.37. The number of hydrogen-bond donors (Lipinski definition) is 1. The molecule has 0 bridgehead atoms. The Morgan fingerprint density at radius 3 is 2.68 bits per heavy atom. The average Bonchev–Trinajstić information content (AvgIpc) is 2.75. The van der Waals surface area contributed by atoms with E-state index >= 15 is 0 Å². The lowest BCUT2D eigenvalue weighted by Gasteiger charge is -2.19. The molecule has 1 saturated heterocycles. The Balaban J connectivity index is 2.00. The van der Waals surface area contributed by atoms with Crippen LogP contribution in [0.5, 0.6) is 0 Å². The number of hydrogen-bond acceptors (Lipinski definition) is 5. The Morgan fingerprint density at radius 2 is 2.00 bits per heavy atom. The molecular weight excluding hydrogens is 240 g/mol. The summed E-state index contributed by atoms with van der Waals surface area (Å²) in [5, 5.41) is 11.4. The molecule has 0 amide bonds. The van der Waals surface area contributed by atoms with Crippen molar-refractivity contribution in [3.05, 3.63) is 5.89 Å².